The molecule has 0 radical (unpaired) electrons. The van der Waals surface area contributed by atoms with Crippen molar-refractivity contribution in [2.45, 2.75) is 19.3 Å². The number of Topliss-reactive ketones (excluding diaryl/α,β-unsaturated/α-hetero) is 1. The van der Waals surface area contributed by atoms with Crippen molar-refractivity contribution in [2.24, 2.45) is 5.92 Å². The van der Waals surface area contributed by atoms with E-state index >= 15 is 0 Å². The maximum Gasteiger partial charge on any atom is 0.228 e. The van der Waals surface area contributed by atoms with Crippen molar-refractivity contribution in [3.63, 3.8) is 0 Å². The molecule has 0 spiro atoms. The van der Waals surface area contributed by atoms with Gasteiger partial charge in [0.25, 0.3) is 0 Å². The van der Waals surface area contributed by atoms with E-state index in [-0.39, 0.29) is 17.6 Å². The van der Waals surface area contributed by atoms with Gasteiger partial charge >= 0.3 is 0 Å². The molecule has 3 rings (SSSR count). The van der Waals surface area contributed by atoms with Crippen LogP contribution in [-0.4, -0.2) is 11.7 Å². The van der Waals surface area contributed by atoms with Gasteiger partial charge in [-0.05, 0) is 49.1 Å². The third-order valence-corrected chi connectivity index (χ3v) is 3.91. The summed E-state index contributed by atoms with van der Waals surface area (Å²) in [6, 6.07) is 17.1. The van der Waals surface area contributed by atoms with E-state index in [2.05, 4.69) is 17.4 Å². The van der Waals surface area contributed by atoms with E-state index in [9.17, 15) is 9.59 Å². The maximum atomic E-state index is 12.2. The fourth-order valence-electron chi connectivity index (χ4n) is 2.58. The van der Waals surface area contributed by atoms with Crippen molar-refractivity contribution in [1.29, 1.82) is 0 Å². The number of anilines is 1. The first-order chi connectivity index (χ1) is 10.1. The summed E-state index contributed by atoms with van der Waals surface area (Å²) in [6.45, 7) is 1.53. The zero-order valence-electron chi connectivity index (χ0n) is 11.9. The van der Waals surface area contributed by atoms with Crippen LogP contribution >= 0.6 is 0 Å². The number of carbonyl (C=O) groups excluding carboxylic acids is 2. The summed E-state index contributed by atoms with van der Waals surface area (Å²) in [5.74, 6) is 0.473. The molecule has 1 saturated carbocycles. The number of benzene rings is 2. The van der Waals surface area contributed by atoms with Gasteiger partial charge in [-0.25, -0.2) is 0 Å². The smallest absolute Gasteiger partial charge is 0.228 e. The van der Waals surface area contributed by atoms with E-state index in [4.69, 9.17) is 0 Å². The molecule has 0 unspecified atom stereocenters. The van der Waals surface area contributed by atoms with Crippen LogP contribution in [-0.2, 0) is 4.79 Å². The Labute approximate surface area is 124 Å². The van der Waals surface area contributed by atoms with Crippen LogP contribution in [0.15, 0.2) is 54.6 Å². The molecule has 2 aromatic carbocycles. The second-order valence-electron chi connectivity index (χ2n) is 5.48. The van der Waals surface area contributed by atoms with E-state index in [0.29, 0.717) is 11.5 Å². The predicted molar refractivity (Wildman–Crippen MR) is 82.4 cm³/mol. The van der Waals surface area contributed by atoms with Gasteiger partial charge < -0.3 is 5.32 Å². The zero-order chi connectivity index (χ0) is 14.8. The number of hydrogen-bond donors (Lipinski definition) is 1. The van der Waals surface area contributed by atoms with Crippen molar-refractivity contribution >= 4 is 17.4 Å². The quantitative estimate of drug-likeness (QED) is 0.869. The Bertz CT molecular complexity index is 661. The standard InChI is InChI=1S/C18H17NO2/c1-12(20)13-7-9-15(10-8-13)19-18(21)17-11-16(17)14-5-3-2-4-6-14/h2-10,16-17H,11H2,1H3,(H,19,21)/t16-,17+/m1/s1. The molecule has 3 nitrogen and oxygen atoms in total. The van der Waals surface area contributed by atoms with Crippen molar-refractivity contribution in [1.82, 2.24) is 0 Å². The summed E-state index contributed by atoms with van der Waals surface area (Å²) < 4.78 is 0. The molecule has 0 aromatic heterocycles. The molecule has 21 heavy (non-hydrogen) atoms. The van der Waals surface area contributed by atoms with Gasteiger partial charge in [0.1, 0.15) is 0 Å². The summed E-state index contributed by atoms with van der Waals surface area (Å²) >= 11 is 0. The number of nitrogens with one attached hydrogen (secondary N) is 1. The Balaban J connectivity index is 1.62. The fourth-order valence-corrected chi connectivity index (χ4v) is 2.58. The van der Waals surface area contributed by atoms with Crippen molar-refractivity contribution < 1.29 is 9.59 Å². The van der Waals surface area contributed by atoms with Crippen LogP contribution in [0.5, 0.6) is 0 Å². The molecule has 2 aromatic rings. The minimum atomic E-state index is 0.0270. The lowest BCUT2D eigenvalue weighted by atomic mass is 10.1. The lowest BCUT2D eigenvalue weighted by molar-refractivity contribution is -0.117. The second-order valence-corrected chi connectivity index (χ2v) is 5.48. The monoisotopic (exact) mass is 279 g/mol. The molecular formula is C18H17NO2. The van der Waals surface area contributed by atoms with Crippen LogP contribution in [0.2, 0.25) is 0 Å². The van der Waals surface area contributed by atoms with Gasteiger partial charge in [0, 0.05) is 17.2 Å². The normalized spacial score (nSPS) is 19.9. The Hall–Kier alpha value is -2.42. The van der Waals surface area contributed by atoms with Gasteiger partial charge in [0.05, 0.1) is 0 Å². The minimum Gasteiger partial charge on any atom is -0.326 e. The van der Waals surface area contributed by atoms with Gasteiger partial charge in [0.2, 0.25) is 5.91 Å². The first-order valence-corrected chi connectivity index (χ1v) is 7.12. The van der Waals surface area contributed by atoms with Crippen LogP contribution in [0.3, 0.4) is 0 Å². The van der Waals surface area contributed by atoms with Crippen molar-refractivity contribution in [2.75, 3.05) is 5.32 Å². The molecule has 2 atom stereocenters. The van der Waals surface area contributed by atoms with Gasteiger partial charge in [0.15, 0.2) is 5.78 Å². The SMILES string of the molecule is CC(=O)c1ccc(NC(=O)[C@H]2C[C@@H]2c2ccccc2)cc1. The third-order valence-electron chi connectivity index (χ3n) is 3.91. The highest BCUT2D eigenvalue weighted by molar-refractivity contribution is 5.97. The van der Waals surface area contributed by atoms with Crippen LogP contribution in [0.25, 0.3) is 0 Å². The molecule has 106 valence electrons. The Morgan fingerprint density at radius 3 is 2.29 bits per heavy atom. The largest absolute Gasteiger partial charge is 0.326 e. The molecule has 0 bridgehead atoms. The Kier molecular flexibility index (Phi) is 3.57. The van der Waals surface area contributed by atoms with Crippen LogP contribution in [0.1, 0.15) is 35.2 Å². The van der Waals surface area contributed by atoms with Crippen molar-refractivity contribution in [3.05, 3.63) is 65.7 Å². The van der Waals surface area contributed by atoms with Gasteiger partial charge in [-0.1, -0.05) is 30.3 Å². The molecular weight excluding hydrogens is 262 g/mol. The summed E-state index contributed by atoms with van der Waals surface area (Å²) in [5.41, 5.74) is 2.62. The molecule has 0 aliphatic heterocycles. The zero-order valence-corrected chi connectivity index (χ0v) is 11.9. The molecule has 1 fully saturated rings. The average molecular weight is 279 g/mol. The molecule has 0 saturated heterocycles. The molecule has 1 aliphatic rings. The maximum absolute atomic E-state index is 12.2. The number of rotatable bonds is 4. The molecule has 0 heterocycles. The van der Waals surface area contributed by atoms with E-state index in [1.807, 2.05) is 18.2 Å². The van der Waals surface area contributed by atoms with Gasteiger partial charge in [-0.2, -0.15) is 0 Å². The number of ketones is 1. The van der Waals surface area contributed by atoms with Crippen LogP contribution in [0.4, 0.5) is 5.69 Å². The summed E-state index contributed by atoms with van der Waals surface area (Å²) in [5, 5.41) is 2.92. The first-order valence-electron chi connectivity index (χ1n) is 7.12. The highest BCUT2D eigenvalue weighted by atomic mass is 16.2. The lowest BCUT2D eigenvalue weighted by Gasteiger charge is -2.05. The topological polar surface area (TPSA) is 46.2 Å². The Morgan fingerprint density at radius 1 is 1.00 bits per heavy atom. The van der Waals surface area contributed by atoms with Crippen LogP contribution < -0.4 is 5.32 Å². The molecule has 1 N–H and O–H groups in total. The van der Waals surface area contributed by atoms with E-state index in [1.54, 1.807) is 24.3 Å². The van der Waals surface area contributed by atoms with Gasteiger partial charge in [-0.15, -0.1) is 0 Å². The van der Waals surface area contributed by atoms with Gasteiger partial charge in [-0.3, -0.25) is 9.59 Å². The third kappa shape index (κ3) is 3.02. The number of hydrogen-bond acceptors (Lipinski definition) is 2. The second kappa shape index (κ2) is 5.52. The van der Waals surface area contributed by atoms with E-state index in [0.717, 1.165) is 12.1 Å². The Morgan fingerprint density at radius 2 is 1.67 bits per heavy atom. The summed E-state index contributed by atoms with van der Waals surface area (Å²) in [6.07, 6.45) is 0.904. The first kappa shape index (κ1) is 13.6. The summed E-state index contributed by atoms with van der Waals surface area (Å²) in [4.78, 5) is 23.4. The molecule has 1 aliphatic carbocycles. The molecule has 1 amide bonds. The summed E-state index contributed by atoms with van der Waals surface area (Å²) in [7, 11) is 0. The fraction of sp³-hybridized carbons (Fsp3) is 0.222. The van der Waals surface area contributed by atoms with E-state index in [1.165, 1.54) is 12.5 Å². The number of carbonyl (C=O) groups is 2. The number of amides is 1. The van der Waals surface area contributed by atoms with E-state index < -0.39 is 0 Å². The average Bonchev–Trinajstić information content (AvgIpc) is 3.29. The van der Waals surface area contributed by atoms with Crippen LogP contribution in [0, 0.1) is 5.92 Å². The van der Waals surface area contributed by atoms with Crippen molar-refractivity contribution in [3.8, 4) is 0 Å². The minimum absolute atomic E-state index is 0.0270. The highest BCUT2D eigenvalue weighted by Gasteiger charge is 2.43. The molecule has 3 heteroatoms. The lowest BCUT2D eigenvalue weighted by Crippen LogP contribution is -2.14. The predicted octanol–water partition coefficient (Wildman–Crippen LogP) is 3.63. The highest BCUT2D eigenvalue weighted by Crippen LogP contribution is 2.47.